The predicted octanol–water partition coefficient (Wildman–Crippen LogP) is -0.318. The number of amides is 1. The lowest BCUT2D eigenvalue weighted by Gasteiger charge is -2.08. The van der Waals surface area contributed by atoms with Crippen molar-refractivity contribution in [3.8, 4) is 0 Å². The van der Waals surface area contributed by atoms with Gasteiger partial charge in [-0.05, 0) is 12.1 Å². The number of hydrogen-bond acceptors (Lipinski definition) is 4. The Morgan fingerprint density at radius 2 is 2.40 bits per heavy atom. The fourth-order valence-electron chi connectivity index (χ4n) is 1.08. The van der Waals surface area contributed by atoms with Gasteiger partial charge < -0.3 is 19.9 Å². The molecular formula is C10H15NO4. The van der Waals surface area contributed by atoms with Crippen molar-refractivity contribution in [1.82, 2.24) is 5.32 Å². The van der Waals surface area contributed by atoms with Crippen LogP contribution in [0, 0.1) is 0 Å². The molecule has 0 bridgehead atoms. The molecule has 5 nitrogen and oxygen atoms in total. The molecule has 1 atom stereocenters. The van der Waals surface area contributed by atoms with E-state index in [4.69, 9.17) is 14.6 Å². The van der Waals surface area contributed by atoms with Crippen LogP contribution >= 0.6 is 0 Å². The number of hydrogen-bond donors (Lipinski definition) is 3. The van der Waals surface area contributed by atoms with Crippen molar-refractivity contribution >= 4 is 5.91 Å². The monoisotopic (exact) mass is 213 g/mol. The highest BCUT2D eigenvalue weighted by Crippen LogP contribution is 2.02. The Hall–Kier alpha value is -1.33. The van der Waals surface area contributed by atoms with Crippen LogP contribution in [-0.2, 0) is 11.2 Å². The molecule has 3 N–H and O–H groups in total. The van der Waals surface area contributed by atoms with Crippen LogP contribution in [0.3, 0.4) is 0 Å². The van der Waals surface area contributed by atoms with Gasteiger partial charge >= 0.3 is 0 Å². The lowest BCUT2D eigenvalue weighted by molar-refractivity contribution is -0.121. The van der Waals surface area contributed by atoms with E-state index in [2.05, 4.69) is 5.32 Å². The zero-order valence-electron chi connectivity index (χ0n) is 8.35. The second-order valence-corrected chi connectivity index (χ2v) is 3.22. The number of carbonyl (C=O) groups is 1. The Balaban J connectivity index is 2.14. The van der Waals surface area contributed by atoms with E-state index in [0.29, 0.717) is 12.8 Å². The molecule has 0 aromatic carbocycles. The van der Waals surface area contributed by atoms with Crippen molar-refractivity contribution in [2.75, 3.05) is 13.2 Å². The first kappa shape index (κ1) is 11.7. The van der Waals surface area contributed by atoms with Crippen LogP contribution in [0.5, 0.6) is 0 Å². The molecule has 0 saturated carbocycles. The Labute approximate surface area is 87.7 Å². The smallest absolute Gasteiger partial charge is 0.220 e. The Bertz CT molecular complexity index is 284. The normalized spacial score (nSPS) is 12.4. The van der Waals surface area contributed by atoms with E-state index in [9.17, 15) is 4.79 Å². The van der Waals surface area contributed by atoms with Gasteiger partial charge in [0.25, 0.3) is 0 Å². The summed E-state index contributed by atoms with van der Waals surface area (Å²) in [4.78, 5) is 11.2. The summed E-state index contributed by atoms with van der Waals surface area (Å²) < 4.78 is 5.06. The molecule has 1 amide bonds. The third kappa shape index (κ3) is 4.62. The minimum Gasteiger partial charge on any atom is -0.469 e. The number of aliphatic hydroxyl groups excluding tert-OH is 2. The van der Waals surface area contributed by atoms with Crippen LogP contribution in [0.4, 0.5) is 0 Å². The molecule has 1 unspecified atom stereocenters. The van der Waals surface area contributed by atoms with Gasteiger partial charge in [0.1, 0.15) is 5.76 Å². The molecule has 0 aliphatic carbocycles. The first-order valence-corrected chi connectivity index (χ1v) is 4.80. The van der Waals surface area contributed by atoms with E-state index >= 15 is 0 Å². The minimum atomic E-state index is -0.891. The second-order valence-electron chi connectivity index (χ2n) is 3.22. The number of furan rings is 1. The minimum absolute atomic E-state index is 0.0769. The molecular weight excluding hydrogens is 198 g/mol. The molecule has 0 saturated heterocycles. The molecule has 1 rings (SSSR count). The van der Waals surface area contributed by atoms with E-state index in [-0.39, 0.29) is 19.1 Å². The molecule has 0 radical (unpaired) electrons. The number of aliphatic hydroxyl groups is 2. The van der Waals surface area contributed by atoms with Gasteiger partial charge in [0.2, 0.25) is 5.91 Å². The zero-order valence-corrected chi connectivity index (χ0v) is 8.35. The van der Waals surface area contributed by atoms with Crippen molar-refractivity contribution in [2.45, 2.75) is 18.9 Å². The topological polar surface area (TPSA) is 82.7 Å². The summed E-state index contributed by atoms with van der Waals surface area (Å²) in [7, 11) is 0. The fraction of sp³-hybridized carbons (Fsp3) is 0.500. The number of nitrogens with one attached hydrogen (secondary N) is 1. The molecule has 15 heavy (non-hydrogen) atoms. The fourth-order valence-corrected chi connectivity index (χ4v) is 1.08. The van der Waals surface area contributed by atoms with Gasteiger partial charge in [-0.25, -0.2) is 0 Å². The van der Waals surface area contributed by atoms with Crippen molar-refractivity contribution < 1.29 is 19.4 Å². The lowest BCUT2D eigenvalue weighted by Crippen LogP contribution is -2.33. The van der Waals surface area contributed by atoms with Gasteiger partial charge in [0.05, 0.1) is 19.0 Å². The predicted molar refractivity (Wildman–Crippen MR) is 53.1 cm³/mol. The number of aryl methyl sites for hydroxylation is 1. The van der Waals surface area contributed by atoms with Crippen LogP contribution in [0.2, 0.25) is 0 Å². The molecule has 1 aromatic heterocycles. The van der Waals surface area contributed by atoms with Crippen LogP contribution in [0.1, 0.15) is 12.2 Å². The summed E-state index contributed by atoms with van der Waals surface area (Å²) in [5.41, 5.74) is 0. The summed E-state index contributed by atoms with van der Waals surface area (Å²) in [5, 5.41) is 20.0. The van der Waals surface area contributed by atoms with Gasteiger partial charge in [-0.2, -0.15) is 0 Å². The van der Waals surface area contributed by atoms with Crippen molar-refractivity contribution in [3.63, 3.8) is 0 Å². The van der Waals surface area contributed by atoms with Crippen molar-refractivity contribution in [1.29, 1.82) is 0 Å². The van der Waals surface area contributed by atoms with E-state index in [1.165, 1.54) is 0 Å². The second kappa shape index (κ2) is 6.21. The van der Waals surface area contributed by atoms with Crippen LogP contribution in [0.15, 0.2) is 22.8 Å². The van der Waals surface area contributed by atoms with Gasteiger partial charge in [0, 0.05) is 19.4 Å². The molecule has 5 heteroatoms. The number of carbonyl (C=O) groups excluding carboxylic acids is 1. The molecule has 0 aliphatic heterocycles. The van der Waals surface area contributed by atoms with Crippen LogP contribution < -0.4 is 5.32 Å². The molecule has 84 valence electrons. The SMILES string of the molecule is O=C(CCc1ccco1)NCC(O)CO. The average Bonchev–Trinajstić information content (AvgIpc) is 2.75. The third-order valence-electron chi connectivity index (χ3n) is 1.92. The van der Waals surface area contributed by atoms with Crippen molar-refractivity contribution in [3.05, 3.63) is 24.2 Å². The molecule has 0 fully saturated rings. The third-order valence-corrected chi connectivity index (χ3v) is 1.92. The van der Waals surface area contributed by atoms with Gasteiger partial charge in [-0.15, -0.1) is 0 Å². The quantitative estimate of drug-likeness (QED) is 0.605. The Kier molecular flexibility index (Phi) is 4.86. The maximum Gasteiger partial charge on any atom is 0.220 e. The Morgan fingerprint density at radius 3 is 3.00 bits per heavy atom. The summed E-state index contributed by atoms with van der Waals surface area (Å²) in [6.07, 6.45) is 1.51. The van der Waals surface area contributed by atoms with Gasteiger partial charge in [-0.1, -0.05) is 0 Å². The maximum absolute atomic E-state index is 11.2. The van der Waals surface area contributed by atoms with E-state index in [0.717, 1.165) is 5.76 Å². The van der Waals surface area contributed by atoms with E-state index in [1.54, 1.807) is 18.4 Å². The number of rotatable bonds is 6. The highest BCUT2D eigenvalue weighted by atomic mass is 16.3. The summed E-state index contributed by atoms with van der Waals surface area (Å²) in [6.45, 7) is -0.272. The first-order chi connectivity index (χ1) is 7.22. The molecule has 0 aliphatic rings. The summed E-state index contributed by atoms with van der Waals surface area (Å²) >= 11 is 0. The van der Waals surface area contributed by atoms with Crippen molar-refractivity contribution in [2.24, 2.45) is 0 Å². The van der Waals surface area contributed by atoms with E-state index in [1.807, 2.05) is 0 Å². The molecule has 1 aromatic rings. The average molecular weight is 213 g/mol. The molecule has 0 spiro atoms. The van der Waals surface area contributed by atoms with E-state index < -0.39 is 6.10 Å². The maximum atomic E-state index is 11.2. The van der Waals surface area contributed by atoms with Gasteiger partial charge in [-0.3, -0.25) is 4.79 Å². The standard InChI is InChI=1S/C10H15NO4/c12-7-8(13)6-11-10(14)4-3-9-2-1-5-15-9/h1-2,5,8,12-13H,3-4,6-7H2,(H,11,14). The van der Waals surface area contributed by atoms with Gasteiger partial charge in [0.15, 0.2) is 0 Å². The zero-order chi connectivity index (χ0) is 11.1. The van der Waals surface area contributed by atoms with Crippen LogP contribution in [0.25, 0.3) is 0 Å². The lowest BCUT2D eigenvalue weighted by atomic mass is 10.2. The summed E-state index contributed by atoms with van der Waals surface area (Å²) in [6, 6.07) is 3.57. The first-order valence-electron chi connectivity index (χ1n) is 4.80. The highest BCUT2D eigenvalue weighted by Gasteiger charge is 2.06. The molecule has 1 heterocycles. The summed E-state index contributed by atoms with van der Waals surface area (Å²) in [5.74, 6) is 0.590. The Morgan fingerprint density at radius 1 is 1.60 bits per heavy atom. The largest absolute Gasteiger partial charge is 0.469 e. The highest BCUT2D eigenvalue weighted by molar-refractivity contribution is 5.76. The van der Waals surface area contributed by atoms with Crippen LogP contribution in [-0.4, -0.2) is 35.4 Å².